The first-order valence-electron chi connectivity index (χ1n) is 5.92. The van der Waals surface area contributed by atoms with Crippen molar-refractivity contribution in [2.45, 2.75) is 11.4 Å². The number of benzene rings is 1. The van der Waals surface area contributed by atoms with Gasteiger partial charge in [0.15, 0.2) is 0 Å². The number of nitrogens with one attached hydrogen (secondary N) is 1. The lowest BCUT2D eigenvalue weighted by Crippen LogP contribution is -2.24. The maximum absolute atomic E-state index is 13.3. The predicted octanol–water partition coefficient (Wildman–Crippen LogP) is 2.05. The van der Waals surface area contributed by atoms with Gasteiger partial charge in [0, 0.05) is 11.2 Å². The predicted molar refractivity (Wildman–Crippen MR) is 76.6 cm³/mol. The maximum atomic E-state index is 13.3. The molecule has 0 atom stereocenters. The van der Waals surface area contributed by atoms with Gasteiger partial charge < -0.3 is 5.11 Å². The van der Waals surface area contributed by atoms with Crippen molar-refractivity contribution in [2.75, 3.05) is 0 Å². The van der Waals surface area contributed by atoms with Gasteiger partial charge in [-0.25, -0.2) is 22.3 Å². The van der Waals surface area contributed by atoms with Gasteiger partial charge >= 0.3 is 5.97 Å². The average Bonchev–Trinajstić information content (AvgIpc) is 2.44. The molecule has 0 unspecified atom stereocenters. The number of carbonyl (C=O) groups is 1. The van der Waals surface area contributed by atoms with E-state index < -0.39 is 32.3 Å². The minimum Gasteiger partial charge on any atom is -0.478 e. The first-order valence-corrected chi connectivity index (χ1v) is 7.78. The first-order chi connectivity index (χ1) is 10.3. The molecule has 6 nitrogen and oxygen atoms in total. The smallest absolute Gasteiger partial charge is 0.335 e. The van der Waals surface area contributed by atoms with Crippen LogP contribution in [0.4, 0.5) is 4.39 Å². The van der Waals surface area contributed by atoms with E-state index in [2.05, 4.69) is 9.71 Å². The second-order valence-corrected chi connectivity index (χ2v) is 6.47. The van der Waals surface area contributed by atoms with E-state index in [1.54, 1.807) is 0 Å². The van der Waals surface area contributed by atoms with E-state index in [4.69, 9.17) is 16.7 Å². The summed E-state index contributed by atoms with van der Waals surface area (Å²) in [7, 11) is -4.09. The molecule has 0 saturated heterocycles. The number of rotatable bonds is 5. The van der Waals surface area contributed by atoms with Crippen molar-refractivity contribution in [1.29, 1.82) is 0 Å². The fourth-order valence-corrected chi connectivity index (χ4v) is 2.88. The molecule has 2 N–H and O–H groups in total. The van der Waals surface area contributed by atoms with Gasteiger partial charge in [0.1, 0.15) is 5.82 Å². The highest BCUT2D eigenvalue weighted by Gasteiger charge is 2.18. The zero-order valence-electron chi connectivity index (χ0n) is 11.0. The number of aromatic carboxylic acids is 1. The molecule has 2 rings (SSSR count). The molecule has 2 aromatic rings. The minimum atomic E-state index is -4.09. The van der Waals surface area contributed by atoms with Crippen molar-refractivity contribution in [1.82, 2.24) is 9.71 Å². The number of pyridine rings is 1. The summed E-state index contributed by atoms with van der Waals surface area (Å²) in [6.45, 7) is -0.165. The number of hydrogen-bond acceptors (Lipinski definition) is 4. The van der Waals surface area contributed by atoms with Gasteiger partial charge in [-0.1, -0.05) is 11.6 Å². The van der Waals surface area contributed by atoms with Crippen LogP contribution in [0.1, 0.15) is 16.1 Å². The maximum Gasteiger partial charge on any atom is 0.335 e. The van der Waals surface area contributed by atoms with Gasteiger partial charge in [0.05, 0.1) is 22.7 Å². The van der Waals surface area contributed by atoms with Gasteiger partial charge in [0.25, 0.3) is 0 Å². The van der Waals surface area contributed by atoms with Gasteiger partial charge in [0.2, 0.25) is 10.0 Å². The Balaban J connectivity index is 2.25. The summed E-state index contributed by atoms with van der Waals surface area (Å²) in [5, 5.41) is 9.22. The van der Waals surface area contributed by atoms with Crippen LogP contribution >= 0.6 is 11.6 Å². The molecule has 1 aromatic carbocycles. The van der Waals surface area contributed by atoms with Crippen LogP contribution in [0.2, 0.25) is 5.02 Å². The van der Waals surface area contributed by atoms with Crippen molar-refractivity contribution in [3.63, 3.8) is 0 Å². The van der Waals surface area contributed by atoms with E-state index in [0.717, 1.165) is 18.2 Å². The van der Waals surface area contributed by atoms with Crippen molar-refractivity contribution in [2.24, 2.45) is 0 Å². The Morgan fingerprint density at radius 3 is 2.68 bits per heavy atom. The van der Waals surface area contributed by atoms with Crippen LogP contribution in [0.5, 0.6) is 0 Å². The summed E-state index contributed by atoms with van der Waals surface area (Å²) < 4.78 is 39.7. The summed E-state index contributed by atoms with van der Waals surface area (Å²) in [4.78, 5) is 14.3. The zero-order chi connectivity index (χ0) is 16.3. The highest BCUT2D eigenvalue weighted by molar-refractivity contribution is 7.89. The molecule has 0 aliphatic rings. The Kier molecular flexibility index (Phi) is 4.74. The largest absolute Gasteiger partial charge is 0.478 e. The van der Waals surface area contributed by atoms with Crippen molar-refractivity contribution in [3.8, 4) is 0 Å². The molecule has 1 aromatic heterocycles. The normalized spacial score (nSPS) is 11.4. The standard InChI is InChI=1S/C13H10ClFN2O4S/c14-9-1-2-16-11(5-9)7-17-22(20,21)12-4-8(13(18)19)3-10(15)6-12/h1-6,17H,7H2,(H,18,19). The Morgan fingerprint density at radius 1 is 1.32 bits per heavy atom. The fraction of sp³-hybridized carbons (Fsp3) is 0.0769. The second-order valence-electron chi connectivity index (χ2n) is 4.27. The number of nitrogens with zero attached hydrogens (tertiary/aromatic N) is 1. The van der Waals surface area contributed by atoms with Crippen LogP contribution in [0.15, 0.2) is 41.4 Å². The lowest BCUT2D eigenvalue weighted by atomic mass is 10.2. The number of carboxylic acid groups (broad SMARTS) is 1. The molecule has 0 radical (unpaired) electrons. The van der Waals surface area contributed by atoms with Crippen LogP contribution in [0.25, 0.3) is 0 Å². The van der Waals surface area contributed by atoms with Crippen molar-refractivity contribution < 1.29 is 22.7 Å². The lowest BCUT2D eigenvalue weighted by molar-refractivity contribution is 0.0696. The van der Waals surface area contributed by atoms with Crippen molar-refractivity contribution in [3.05, 3.63) is 58.6 Å². The molecule has 0 spiro atoms. The topological polar surface area (TPSA) is 96.4 Å². The number of aromatic nitrogens is 1. The van der Waals surface area contributed by atoms with Gasteiger partial charge in [-0.15, -0.1) is 0 Å². The van der Waals surface area contributed by atoms with Crippen LogP contribution < -0.4 is 4.72 Å². The van der Waals surface area contributed by atoms with Crippen molar-refractivity contribution >= 4 is 27.6 Å². The average molecular weight is 345 g/mol. The monoisotopic (exact) mass is 344 g/mol. The number of halogens is 2. The summed E-state index contributed by atoms with van der Waals surface area (Å²) in [6.07, 6.45) is 1.41. The molecule has 22 heavy (non-hydrogen) atoms. The SMILES string of the molecule is O=C(O)c1cc(F)cc(S(=O)(=O)NCc2cc(Cl)ccn2)c1. The number of sulfonamides is 1. The molecule has 1 heterocycles. The molecule has 9 heteroatoms. The highest BCUT2D eigenvalue weighted by Crippen LogP contribution is 2.15. The van der Waals surface area contributed by atoms with Gasteiger partial charge in [-0.3, -0.25) is 4.98 Å². The van der Waals surface area contributed by atoms with Crippen LogP contribution in [-0.4, -0.2) is 24.5 Å². The summed E-state index contributed by atoms with van der Waals surface area (Å²) in [5.74, 6) is -2.38. The van der Waals surface area contributed by atoms with E-state index in [1.807, 2.05) is 0 Å². The molecule has 0 fully saturated rings. The Hall–Kier alpha value is -2.03. The Bertz CT molecular complexity index is 827. The third kappa shape index (κ3) is 4.00. The van der Waals surface area contributed by atoms with E-state index in [0.29, 0.717) is 10.7 Å². The van der Waals surface area contributed by atoms with Crippen LogP contribution in [0, 0.1) is 5.82 Å². The zero-order valence-corrected chi connectivity index (χ0v) is 12.5. The summed E-state index contributed by atoms with van der Waals surface area (Å²) in [5.41, 5.74) is -0.0906. The Labute approximate surface area is 130 Å². The minimum absolute atomic E-state index is 0.165. The van der Waals surface area contributed by atoms with Gasteiger partial charge in [-0.05, 0) is 30.3 Å². The molecule has 0 saturated carbocycles. The first kappa shape index (κ1) is 16.3. The van der Waals surface area contributed by atoms with Gasteiger partial charge in [-0.2, -0.15) is 0 Å². The molecular formula is C13H10ClFN2O4S. The molecule has 0 aliphatic carbocycles. The molecular weight excluding hydrogens is 335 g/mol. The van der Waals surface area contributed by atoms with E-state index >= 15 is 0 Å². The van der Waals surface area contributed by atoms with Crippen LogP contribution in [0.3, 0.4) is 0 Å². The second kappa shape index (κ2) is 6.39. The summed E-state index contributed by atoms with van der Waals surface area (Å²) >= 11 is 5.76. The molecule has 0 bridgehead atoms. The quantitative estimate of drug-likeness (QED) is 0.865. The number of carboxylic acids is 1. The lowest BCUT2D eigenvalue weighted by Gasteiger charge is -2.08. The van der Waals surface area contributed by atoms with E-state index in [-0.39, 0.29) is 6.54 Å². The highest BCUT2D eigenvalue weighted by atomic mass is 35.5. The molecule has 0 aliphatic heterocycles. The number of hydrogen-bond donors (Lipinski definition) is 2. The Morgan fingerprint density at radius 2 is 2.05 bits per heavy atom. The molecule has 0 amide bonds. The molecule has 116 valence electrons. The fourth-order valence-electron chi connectivity index (χ4n) is 1.64. The summed E-state index contributed by atoms with van der Waals surface area (Å²) in [6, 6.07) is 5.35. The third-order valence-electron chi connectivity index (χ3n) is 2.65. The third-order valence-corrected chi connectivity index (χ3v) is 4.27. The van der Waals surface area contributed by atoms with Crippen LogP contribution in [-0.2, 0) is 16.6 Å². The van der Waals surface area contributed by atoms with E-state index in [1.165, 1.54) is 18.3 Å². The van der Waals surface area contributed by atoms with E-state index in [9.17, 15) is 17.6 Å².